The van der Waals surface area contributed by atoms with Gasteiger partial charge in [-0.15, -0.1) is 0 Å². The van der Waals surface area contributed by atoms with Gasteiger partial charge in [0.25, 0.3) is 0 Å². The first-order valence-electron chi connectivity index (χ1n) is 23.9. The summed E-state index contributed by atoms with van der Waals surface area (Å²) in [6, 6.07) is 87.5. The third-order valence-electron chi connectivity index (χ3n) is 14.5. The van der Waals surface area contributed by atoms with Gasteiger partial charge in [0.05, 0.1) is 16.8 Å². The van der Waals surface area contributed by atoms with Crippen LogP contribution in [0.25, 0.3) is 109 Å². The largest absolute Gasteiger partial charge is 0.456 e. The van der Waals surface area contributed by atoms with E-state index in [0.717, 1.165) is 99.5 Å². The Kier molecular flexibility index (Phi) is 8.33. The van der Waals surface area contributed by atoms with E-state index in [1.165, 1.54) is 43.1 Å². The molecule has 0 spiro atoms. The molecule has 2 heterocycles. The zero-order valence-electron chi connectivity index (χ0n) is 37.8. The average molecular weight is 893 g/mol. The lowest BCUT2D eigenvalue weighted by atomic mass is 9.98. The number of rotatable bonds is 6. The van der Waals surface area contributed by atoms with E-state index < -0.39 is 0 Å². The molecule has 0 aliphatic carbocycles. The highest BCUT2D eigenvalue weighted by Gasteiger charge is 2.22. The van der Waals surface area contributed by atoms with Crippen LogP contribution < -0.4 is 9.80 Å². The molecule has 0 radical (unpaired) electrons. The maximum atomic E-state index is 6.96. The van der Waals surface area contributed by atoms with Gasteiger partial charge in [-0.05, 0) is 151 Å². The molecule has 4 nitrogen and oxygen atoms in total. The first-order chi connectivity index (χ1) is 34.7. The van der Waals surface area contributed by atoms with Crippen LogP contribution in [0.2, 0.25) is 0 Å². The van der Waals surface area contributed by atoms with Crippen molar-refractivity contribution in [3.63, 3.8) is 0 Å². The normalized spacial score (nSPS) is 12.0. The molecular weight excluding hydrogens is 853 g/mol. The molecule has 0 saturated heterocycles. The van der Waals surface area contributed by atoms with Crippen molar-refractivity contribution in [1.82, 2.24) is 0 Å². The minimum atomic E-state index is 0.804. The zero-order chi connectivity index (χ0) is 45.9. The summed E-state index contributed by atoms with van der Waals surface area (Å²) in [7, 11) is 0. The predicted molar refractivity (Wildman–Crippen MR) is 295 cm³/mol. The summed E-state index contributed by atoms with van der Waals surface area (Å²) >= 11 is 0. The highest BCUT2D eigenvalue weighted by Crippen LogP contribution is 2.47. The minimum absolute atomic E-state index is 0.804. The molecule has 0 amide bonds. The van der Waals surface area contributed by atoms with Crippen LogP contribution in [0.3, 0.4) is 0 Å². The Morgan fingerprint density at radius 3 is 1.27 bits per heavy atom. The molecule has 0 unspecified atom stereocenters. The Morgan fingerprint density at radius 1 is 0.229 bits per heavy atom. The molecular formula is C66H40N2O2. The van der Waals surface area contributed by atoms with E-state index in [1.807, 2.05) is 0 Å². The van der Waals surface area contributed by atoms with Crippen LogP contribution in [0.15, 0.2) is 251 Å². The highest BCUT2D eigenvalue weighted by molar-refractivity contribution is 6.25. The van der Waals surface area contributed by atoms with Crippen molar-refractivity contribution in [3.8, 4) is 0 Å². The van der Waals surface area contributed by atoms with Crippen LogP contribution in [0, 0.1) is 0 Å². The topological polar surface area (TPSA) is 32.8 Å². The van der Waals surface area contributed by atoms with E-state index >= 15 is 0 Å². The van der Waals surface area contributed by atoms with Crippen molar-refractivity contribution in [2.75, 3.05) is 9.80 Å². The van der Waals surface area contributed by atoms with Crippen molar-refractivity contribution in [3.05, 3.63) is 243 Å². The van der Waals surface area contributed by atoms with E-state index in [2.05, 4.69) is 252 Å². The molecule has 4 heteroatoms. The zero-order valence-corrected chi connectivity index (χ0v) is 37.8. The number of hydrogen-bond donors (Lipinski definition) is 0. The second-order valence-corrected chi connectivity index (χ2v) is 18.4. The molecule has 0 saturated carbocycles. The van der Waals surface area contributed by atoms with E-state index in [0.29, 0.717) is 0 Å². The number of furan rings is 2. The van der Waals surface area contributed by atoms with Crippen LogP contribution in [-0.2, 0) is 0 Å². The Bertz CT molecular complexity index is 4610. The monoisotopic (exact) mass is 892 g/mol. The van der Waals surface area contributed by atoms with Crippen molar-refractivity contribution in [1.29, 1.82) is 0 Å². The molecule has 13 aromatic carbocycles. The maximum absolute atomic E-state index is 6.96. The summed E-state index contributed by atoms with van der Waals surface area (Å²) in [6.45, 7) is 0. The van der Waals surface area contributed by atoms with Crippen LogP contribution in [0.4, 0.5) is 34.1 Å². The van der Waals surface area contributed by atoms with E-state index in [-0.39, 0.29) is 0 Å². The van der Waals surface area contributed by atoms with Gasteiger partial charge in [0.15, 0.2) is 0 Å². The SMILES string of the molecule is c1ccc(N(c2ccc3cc4c(cc3c2)oc2c4ccc3oc4cc5cc(N(c6ccccc6)c6cccc7ccc8ccccc8c67)ccc5cc4c32)c2cccc3ccc4ccccc4c23)cc1. The third kappa shape index (κ3) is 5.90. The van der Waals surface area contributed by atoms with Gasteiger partial charge in [-0.1, -0.05) is 146 Å². The summed E-state index contributed by atoms with van der Waals surface area (Å²) in [5.74, 6) is 0. The third-order valence-corrected chi connectivity index (χ3v) is 14.5. The molecule has 15 rings (SSSR count). The summed E-state index contributed by atoms with van der Waals surface area (Å²) in [5, 5.41) is 18.4. The average Bonchev–Trinajstić information content (AvgIpc) is 3.97. The summed E-state index contributed by atoms with van der Waals surface area (Å²) in [6.07, 6.45) is 0. The fourth-order valence-corrected chi connectivity index (χ4v) is 11.3. The lowest BCUT2D eigenvalue weighted by molar-refractivity contribution is 0.663. The van der Waals surface area contributed by atoms with Gasteiger partial charge < -0.3 is 18.6 Å². The van der Waals surface area contributed by atoms with E-state index in [4.69, 9.17) is 8.83 Å². The molecule has 0 bridgehead atoms. The molecule has 0 aliphatic heterocycles. The molecule has 0 aliphatic rings. The summed E-state index contributed by atoms with van der Waals surface area (Å²) < 4.78 is 13.7. The fourth-order valence-electron chi connectivity index (χ4n) is 11.3. The van der Waals surface area contributed by atoms with Gasteiger partial charge in [-0.3, -0.25) is 0 Å². The lowest BCUT2D eigenvalue weighted by Crippen LogP contribution is -2.10. The standard InChI is InChI=1S/C66H40N2O2/c1-3-17-49(18-4-1)67(58-23-11-15-43-27-25-41-13-7-9-21-53(41)63(43)58)51-31-29-45-37-56-55-33-34-60-65(66(55)70-61(56)39-47(45)35-51)57-38-46-30-32-52(36-48(46)40-62(57)69-60)68(50-19-5-2-6-20-50)59-24-12-16-44-28-26-42-14-8-10-22-54(42)64(44)59/h1-40H. The van der Waals surface area contributed by atoms with Crippen molar-refractivity contribution < 1.29 is 8.83 Å². The molecule has 326 valence electrons. The fraction of sp³-hybridized carbons (Fsp3) is 0. The number of fused-ring (bicyclic) bond motifs is 15. The Balaban J connectivity index is 0.870. The van der Waals surface area contributed by atoms with Crippen LogP contribution in [0.1, 0.15) is 0 Å². The number of nitrogens with zero attached hydrogens (tertiary/aromatic N) is 2. The Morgan fingerprint density at radius 2 is 0.700 bits per heavy atom. The molecule has 0 N–H and O–H groups in total. The van der Waals surface area contributed by atoms with Crippen LogP contribution >= 0.6 is 0 Å². The maximum Gasteiger partial charge on any atom is 0.147 e. The first kappa shape index (κ1) is 38.7. The van der Waals surface area contributed by atoms with Crippen molar-refractivity contribution in [2.45, 2.75) is 0 Å². The molecule has 15 aromatic rings. The second-order valence-electron chi connectivity index (χ2n) is 18.4. The smallest absolute Gasteiger partial charge is 0.147 e. The van der Waals surface area contributed by atoms with E-state index in [1.54, 1.807) is 0 Å². The van der Waals surface area contributed by atoms with Crippen molar-refractivity contribution >= 4 is 143 Å². The van der Waals surface area contributed by atoms with Gasteiger partial charge in [0.2, 0.25) is 0 Å². The highest BCUT2D eigenvalue weighted by atomic mass is 16.3. The molecule has 0 fully saturated rings. The predicted octanol–water partition coefficient (Wildman–Crippen LogP) is 19.3. The number of benzene rings is 13. The van der Waals surface area contributed by atoms with Crippen LogP contribution in [-0.4, -0.2) is 0 Å². The van der Waals surface area contributed by atoms with Gasteiger partial charge in [-0.25, -0.2) is 0 Å². The van der Waals surface area contributed by atoms with Crippen LogP contribution in [0.5, 0.6) is 0 Å². The molecule has 2 aromatic heterocycles. The quantitative estimate of drug-likeness (QED) is 0.156. The van der Waals surface area contributed by atoms with E-state index in [9.17, 15) is 0 Å². The number of anilines is 6. The molecule has 70 heavy (non-hydrogen) atoms. The summed E-state index contributed by atoms with van der Waals surface area (Å²) in [5.41, 5.74) is 9.91. The van der Waals surface area contributed by atoms with Gasteiger partial charge >= 0.3 is 0 Å². The Hall–Kier alpha value is -9.38. The van der Waals surface area contributed by atoms with Gasteiger partial charge in [0.1, 0.15) is 22.3 Å². The Labute approximate surface area is 402 Å². The van der Waals surface area contributed by atoms with Gasteiger partial charge in [-0.2, -0.15) is 0 Å². The lowest BCUT2D eigenvalue weighted by Gasteiger charge is -2.27. The number of hydrogen-bond acceptors (Lipinski definition) is 4. The number of para-hydroxylation sites is 2. The molecule has 0 atom stereocenters. The first-order valence-corrected chi connectivity index (χ1v) is 23.9. The minimum Gasteiger partial charge on any atom is -0.456 e. The second kappa shape index (κ2) is 15.1. The van der Waals surface area contributed by atoms with Gasteiger partial charge in [0, 0.05) is 49.7 Å². The van der Waals surface area contributed by atoms with Crippen molar-refractivity contribution in [2.24, 2.45) is 0 Å². The summed E-state index contributed by atoms with van der Waals surface area (Å²) in [4.78, 5) is 4.77.